The monoisotopic (exact) mass is 210 g/mol. The summed E-state index contributed by atoms with van der Waals surface area (Å²) in [6, 6.07) is 0. The Hall–Kier alpha value is -0.300. The van der Waals surface area contributed by atoms with Crippen LogP contribution in [-0.4, -0.2) is 11.2 Å². The summed E-state index contributed by atoms with van der Waals surface area (Å²) in [4.78, 5) is 0. The molecule has 1 nitrogen and oxygen atoms in total. The Kier molecular flexibility index (Phi) is 3.99. The maximum absolute atomic E-state index is 9.46. The third-order valence-electron chi connectivity index (χ3n) is 4.54. The molecule has 0 saturated heterocycles. The van der Waals surface area contributed by atoms with Crippen LogP contribution in [0.25, 0.3) is 0 Å². The van der Waals surface area contributed by atoms with Crippen molar-refractivity contribution < 1.29 is 5.11 Å². The smallest absolute Gasteiger partial charge is 0.0537 e. The van der Waals surface area contributed by atoms with Gasteiger partial charge in [-0.05, 0) is 50.4 Å². The molecule has 0 aliphatic heterocycles. The van der Waals surface area contributed by atoms with Gasteiger partial charge in [-0.3, -0.25) is 0 Å². The molecule has 1 aliphatic carbocycles. The van der Waals surface area contributed by atoms with E-state index in [0.29, 0.717) is 11.3 Å². The summed E-state index contributed by atoms with van der Waals surface area (Å²) in [7, 11) is 0. The van der Waals surface area contributed by atoms with Crippen LogP contribution in [0.1, 0.15) is 53.9 Å². The molecule has 1 rings (SSSR count). The van der Waals surface area contributed by atoms with E-state index in [1.807, 2.05) is 6.92 Å². The topological polar surface area (TPSA) is 20.2 Å². The lowest BCUT2D eigenvalue weighted by Crippen LogP contribution is -2.22. The quantitative estimate of drug-likeness (QED) is 0.700. The van der Waals surface area contributed by atoms with Gasteiger partial charge in [0.25, 0.3) is 0 Å². The number of rotatable bonds is 4. The molecule has 88 valence electrons. The SMILES string of the molecule is CC1=CC[C@H](CC[C@@H](C)[C@H](C)O)C1(C)C. The maximum atomic E-state index is 9.46. The standard InChI is InChI=1S/C14H26O/c1-10(12(3)15)6-8-13-9-7-11(2)14(13,4)5/h7,10,12-13,15H,6,8-9H2,1-5H3/t10-,12+,13+/m1/s1. The molecule has 0 aromatic carbocycles. The third-order valence-corrected chi connectivity index (χ3v) is 4.54. The Labute approximate surface area is 94.6 Å². The normalized spacial score (nSPS) is 28.7. The zero-order chi connectivity index (χ0) is 11.6. The minimum atomic E-state index is -0.163. The van der Waals surface area contributed by atoms with Gasteiger partial charge < -0.3 is 5.11 Å². The minimum absolute atomic E-state index is 0.163. The number of aliphatic hydroxyl groups is 1. The summed E-state index contributed by atoms with van der Waals surface area (Å²) >= 11 is 0. The molecular formula is C14H26O. The fraction of sp³-hybridized carbons (Fsp3) is 0.857. The lowest BCUT2D eigenvalue weighted by atomic mass is 9.74. The molecule has 0 spiro atoms. The van der Waals surface area contributed by atoms with Crippen LogP contribution in [-0.2, 0) is 0 Å². The Morgan fingerprint density at radius 2 is 2.07 bits per heavy atom. The summed E-state index contributed by atoms with van der Waals surface area (Å²) in [5, 5.41) is 9.46. The third kappa shape index (κ3) is 2.84. The summed E-state index contributed by atoms with van der Waals surface area (Å²) < 4.78 is 0. The largest absolute Gasteiger partial charge is 0.393 e. The van der Waals surface area contributed by atoms with Crippen molar-refractivity contribution in [2.75, 3.05) is 0 Å². The van der Waals surface area contributed by atoms with Crippen molar-refractivity contribution in [2.24, 2.45) is 17.3 Å². The molecule has 15 heavy (non-hydrogen) atoms. The molecule has 0 amide bonds. The Morgan fingerprint density at radius 3 is 2.47 bits per heavy atom. The summed E-state index contributed by atoms with van der Waals surface area (Å²) in [5.41, 5.74) is 1.91. The first-order valence-corrected chi connectivity index (χ1v) is 6.21. The summed E-state index contributed by atoms with van der Waals surface area (Å²) in [6.07, 6.45) is 5.84. The summed E-state index contributed by atoms with van der Waals surface area (Å²) in [6.45, 7) is 11.0. The molecule has 0 aromatic heterocycles. The van der Waals surface area contributed by atoms with E-state index in [0.717, 1.165) is 12.3 Å². The van der Waals surface area contributed by atoms with Crippen molar-refractivity contribution in [1.29, 1.82) is 0 Å². The highest BCUT2D eigenvalue weighted by Gasteiger charge is 2.34. The molecule has 1 aliphatic rings. The predicted octanol–water partition coefficient (Wildman–Crippen LogP) is 3.78. The van der Waals surface area contributed by atoms with Crippen molar-refractivity contribution in [3.8, 4) is 0 Å². The zero-order valence-corrected chi connectivity index (χ0v) is 10.9. The van der Waals surface area contributed by atoms with Crippen LogP contribution < -0.4 is 0 Å². The lowest BCUT2D eigenvalue weighted by molar-refractivity contribution is 0.120. The highest BCUT2D eigenvalue weighted by Crippen LogP contribution is 2.45. The van der Waals surface area contributed by atoms with E-state index in [-0.39, 0.29) is 6.10 Å². The highest BCUT2D eigenvalue weighted by molar-refractivity contribution is 5.18. The molecule has 1 heteroatoms. The van der Waals surface area contributed by atoms with Crippen molar-refractivity contribution >= 4 is 0 Å². The van der Waals surface area contributed by atoms with Gasteiger partial charge in [-0.15, -0.1) is 0 Å². The first-order valence-electron chi connectivity index (χ1n) is 6.21. The van der Waals surface area contributed by atoms with E-state index in [9.17, 15) is 5.11 Å². The number of allylic oxidation sites excluding steroid dienone is 2. The van der Waals surface area contributed by atoms with Crippen LogP contribution in [0.3, 0.4) is 0 Å². The second-order valence-electron chi connectivity index (χ2n) is 5.84. The second kappa shape index (κ2) is 4.69. The molecular weight excluding hydrogens is 184 g/mol. The number of hydrogen-bond acceptors (Lipinski definition) is 1. The summed E-state index contributed by atoms with van der Waals surface area (Å²) in [5.74, 6) is 1.21. The Balaban J connectivity index is 2.42. The minimum Gasteiger partial charge on any atom is -0.393 e. The maximum Gasteiger partial charge on any atom is 0.0537 e. The van der Waals surface area contributed by atoms with Crippen LogP contribution in [0.4, 0.5) is 0 Å². The molecule has 0 unspecified atom stereocenters. The van der Waals surface area contributed by atoms with Gasteiger partial charge in [-0.1, -0.05) is 32.4 Å². The van der Waals surface area contributed by atoms with Crippen molar-refractivity contribution in [2.45, 2.75) is 60.0 Å². The Morgan fingerprint density at radius 1 is 1.47 bits per heavy atom. The van der Waals surface area contributed by atoms with Crippen LogP contribution in [0.5, 0.6) is 0 Å². The van der Waals surface area contributed by atoms with Crippen LogP contribution >= 0.6 is 0 Å². The molecule has 0 heterocycles. The van der Waals surface area contributed by atoms with E-state index in [2.05, 4.69) is 33.8 Å². The van der Waals surface area contributed by atoms with Crippen molar-refractivity contribution in [3.63, 3.8) is 0 Å². The average Bonchev–Trinajstić information content (AvgIpc) is 2.39. The predicted molar refractivity (Wildman–Crippen MR) is 65.7 cm³/mol. The first-order chi connectivity index (χ1) is 6.85. The van der Waals surface area contributed by atoms with E-state index in [1.165, 1.54) is 18.4 Å². The van der Waals surface area contributed by atoms with E-state index in [1.54, 1.807) is 0 Å². The van der Waals surface area contributed by atoms with Crippen molar-refractivity contribution in [3.05, 3.63) is 11.6 Å². The molecule has 1 N–H and O–H groups in total. The van der Waals surface area contributed by atoms with Gasteiger partial charge in [0.05, 0.1) is 6.10 Å². The van der Waals surface area contributed by atoms with Gasteiger partial charge in [0.2, 0.25) is 0 Å². The van der Waals surface area contributed by atoms with Gasteiger partial charge in [-0.2, -0.15) is 0 Å². The van der Waals surface area contributed by atoms with Crippen LogP contribution in [0.2, 0.25) is 0 Å². The van der Waals surface area contributed by atoms with E-state index in [4.69, 9.17) is 0 Å². The van der Waals surface area contributed by atoms with E-state index < -0.39 is 0 Å². The first kappa shape index (κ1) is 12.8. The molecule has 3 atom stereocenters. The van der Waals surface area contributed by atoms with Gasteiger partial charge in [-0.25, -0.2) is 0 Å². The fourth-order valence-corrected chi connectivity index (χ4v) is 2.38. The molecule has 0 fully saturated rings. The molecule has 0 bridgehead atoms. The van der Waals surface area contributed by atoms with Gasteiger partial charge in [0.1, 0.15) is 0 Å². The zero-order valence-electron chi connectivity index (χ0n) is 10.9. The van der Waals surface area contributed by atoms with E-state index >= 15 is 0 Å². The second-order valence-corrected chi connectivity index (χ2v) is 5.84. The molecule has 0 aromatic rings. The fourth-order valence-electron chi connectivity index (χ4n) is 2.38. The van der Waals surface area contributed by atoms with Crippen LogP contribution in [0.15, 0.2) is 11.6 Å². The molecule has 0 saturated carbocycles. The number of hydrogen-bond donors (Lipinski definition) is 1. The van der Waals surface area contributed by atoms with Crippen LogP contribution in [0, 0.1) is 17.3 Å². The average molecular weight is 210 g/mol. The Bertz CT molecular complexity index is 238. The lowest BCUT2D eigenvalue weighted by Gasteiger charge is -2.30. The number of aliphatic hydroxyl groups excluding tert-OH is 1. The molecule has 0 radical (unpaired) electrons. The highest BCUT2D eigenvalue weighted by atomic mass is 16.3. The van der Waals surface area contributed by atoms with Crippen molar-refractivity contribution in [1.82, 2.24) is 0 Å². The van der Waals surface area contributed by atoms with Gasteiger partial charge >= 0.3 is 0 Å². The van der Waals surface area contributed by atoms with Gasteiger partial charge in [0, 0.05) is 0 Å². The van der Waals surface area contributed by atoms with Gasteiger partial charge in [0.15, 0.2) is 0 Å².